The molecular formula is C22H24N4O. The van der Waals surface area contributed by atoms with Crippen LogP contribution >= 0.6 is 0 Å². The Morgan fingerprint density at radius 1 is 1.00 bits per heavy atom. The van der Waals surface area contributed by atoms with Crippen LogP contribution in [-0.4, -0.2) is 29.5 Å². The Bertz CT molecular complexity index is 896. The summed E-state index contributed by atoms with van der Waals surface area (Å²) in [5.41, 5.74) is 3.71. The van der Waals surface area contributed by atoms with Gasteiger partial charge < -0.3 is 10.2 Å². The zero-order valence-electron chi connectivity index (χ0n) is 15.7. The zero-order valence-corrected chi connectivity index (χ0v) is 15.7. The minimum atomic E-state index is -0.0703. The largest absolute Gasteiger partial charge is 0.359 e. The fourth-order valence-corrected chi connectivity index (χ4v) is 2.94. The van der Waals surface area contributed by atoms with E-state index in [0.717, 1.165) is 35.6 Å². The summed E-state index contributed by atoms with van der Waals surface area (Å²) >= 11 is 0. The average Bonchev–Trinajstić information content (AvgIpc) is 2.71. The number of pyridine rings is 2. The molecule has 3 rings (SSSR count). The molecule has 0 atom stereocenters. The Kier molecular flexibility index (Phi) is 6.15. The first-order valence-corrected chi connectivity index (χ1v) is 9.04. The molecule has 0 radical (unpaired) electrons. The molecule has 0 aliphatic heterocycles. The molecule has 2 heterocycles. The highest BCUT2D eigenvalue weighted by molar-refractivity contribution is 5.95. The second kappa shape index (κ2) is 8.94. The van der Waals surface area contributed by atoms with Gasteiger partial charge >= 0.3 is 0 Å². The summed E-state index contributed by atoms with van der Waals surface area (Å²) in [6.07, 6.45) is 4.42. The number of hydrogen-bond acceptors (Lipinski definition) is 4. The number of nitrogens with one attached hydrogen (secondary N) is 1. The van der Waals surface area contributed by atoms with Gasteiger partial charge in [0.05, 0.1) is 0 Å². The lowest BCUT2D eigenvalue weighted by Crippen LogP contribution is -2.27. The van der Waals surface area contributed by atoms with Crippen LogP contribution in [0.5, 0.6) is 0 Å². The number of hydrogen-bond donors (Lipinski definition) is 1. The second-order valence-corrected chi connectivity index (χ2v) is 6.48. The number of benzene rings is 1. The van der Waals surface area contributed by atoms with Crippen LogP contribution in [-0.2, 0) is 13.0 Å². The molecule has 138 valence electrons. The third-order valence-electron chi connectivity index (χ3n) is 4.49. The van der Waals surface area contributed by atoms with E-state index >= 15 is 0 Å². The van der Waals surface area contributed by atoms with Crippen molar-refractivity contribution in [1.82, 2.24) is 15.3 Å². The molecule has 1 N–H and O–H groups in total. The fourth-order valence-electron chi connectivity index (χ4n) is 2.94. The van der Waals surface area contributed by atoms with E-state index < -0.39 is 0 Å². The van der Waals surface area contributed by atoms with Gasteiger partial charge in [0.2, 0.25) is 0 Å². The molecule has 1 amide bonds. The number of aryl methyl sites for hydroxylation is 1. The molecule has 0 aliphatic rings. The van der Waals surface area contributed by atoms with Crippen molar-refractivity contribution in [3.63, 3.8) is 0 Å². The van der Waals surface area contributed by atoms with Crippen molar-refractivity contribution in [1.29, 1.82) is 0 Å². The molecule has 0 saturated carbocycles. The topological polar surface area (TPSA) is 58.1 Å². The predicted octanol–water partition coefficient (Wildman–Crippen LogP) is 3.39. The van der Waals surface area contributed by atoms with E-state index in [1.165, 1.54) is 0 Å². The highest BCUT2D eigenvalue weighted by Crippen LogP contribution is 2.16. The predicted molar refractivity (Wildman–Crippen MR) is 108 cm³/mol. The number of amides is 1. The first-order chi connectivity index (χ1) is 13.1. The Morgan fingerprint density at radius 3 is 2.56 bits per heavy atom. The van der Waals surface area contributed by atoms with Crippen LogP contribution in [0.15, 0.2) is 67.0 Å². The molecule has 27 heavy (non-hydrogen) atoms. The molecule has 0 unspecified atom stereocenters. The van der Waals surface area contributed by atoms with Gasteiger partial charge in [0.25, 0.3) is 5.91 Å². The Balaban J connectivity index is 1.65. The van der Waals surface area contributed by atoms with Gasteiger partial charge in [0.15, 0.2) is 0 Å². The molecule has 0 fully saturated rings. The maximum atomic E-state index is 12.5. The van der Waals surface area contributed by atoms with Crippen molar-refractivity contribution in [3.8, 4) is 0 Å². The molecule has 0 spiro atoms. The molecule has 0 aliphatic carbocycles. The minimum absolute atomic E-state index is 0.0703. The standard InChI is InChI=1S/C22H24N4O/c1-17-8-3-4-11-20(17)22(27)25-16-18-9-7-14-24-21(18)26(2)15-12-19-10-5-6-13-23-19/h3-11,13-14H,12,15-16H2,1-2H3,(H,25,27). The quantitative estimate of drug-likeness (QED) is 0.702. The lowest BCUT2D eigenvalue weighted by molar-refractivity contribution is 0.0950. The van der Waals surface area contributed by atoms with E-state index in [4.69, 9.17) is 0 Å². The Labute approximate surface area is 160 Å². The van der Waals surface area contributed by atoms with Gasteiger partial charge in [-0.05, 0) is 36.8 Å². The molecule has 0 saturated heterocycles. The van der Waals surface area contributed by atoms with E-state index in [-0.39, 0.29) is 5.91 Å². The van der Waals surface area contributed by atoms with Crippen LogP contribution in [0.2, 0.25) is 0 Å². The van der Waals surface area contributed by atoms with Crippen molar-refractivity contribution >= 4 is 11.7 Å². The third-order valence-corrected chi connectivity index (χ3v) is 4.49. The number of likely N-dealkylation sites (N-methyl/N-ethyl adjacent to an activating group) is 1. The van der Waals surface area contributed by atoms with Gasteiger partial charge in [-0.15, -0.1) is 0 Å². The van der Waals surface area contributed by atoms with Crippen LogP contribution in [0.1, 0.15) is 27.2 Å². The van der Waals surface area contributed by atoms with E-state index in [1.54, 1.807) is 6.20 Å². The molecule has 5 nitrogen and oxygen atoms in total. The Hall–Kier alpha value is -3.21. The molecule has 5 heteroatoms. The van der Waals surface area contributed by atoms with Crippen molar-refractivity contribution < 1.29 is 4.79 Å². The van der Waals surface area contributed by atoms with Gasteiger partial charge in [0, 0.05) is 55.8 Å². The number of carbonyl (C=O) groups excluding carboxylic acids is 1. The lowest BCUT2D eigenvalue weighted by atomic mass is 10.1. The van der Waals surface area contributed by atoms with Crippen LogP contribution in [0.4, 0.5) is 5.82 Å². The van der Waals surface area contributed by atoms with E-state index in [1.807, 2.05) is 74.8 Å². The first kappa shape index (κ1) is 18.6. The summed E-state index contributed by atoms with van der Waals surface area (Å²) in [4.78, 5) is 23.5. The van der Waals surface area contributed by atoms with Gasteiger partial charge in [0.1, 0.15) is 5.82 Å². The van der Waals surface area contributed by atoms with E-state index in [2.05, 4.69) is 20.2 Å². The number of anilines is 1. The van der Waals surface area contributed by atoms with E-state index in [9.17, 15) is 4.79 Å². The summed E-state index contributed by atoms with van der Waals surface area (Å²) in [5.74, 6) is 0.803. The van der Waals surface area contributed by atoms with Gasteiger partial charge in [-0.2, -0.15) is 0 Å². The number of aromatic nitrogens is 2. The number of rotatable bonds is 7. The summed E-state index contributed by atoms with van der Waals surface area (Å²) < 4.78 is 0. The SMILES string of the molecule is Cc1ccccc1C(=O)NCc1cccnc1N(C)CCc1ccccn1. The molecular weight excluding hydrogens is 336 g/mol. The lowest BCUT2D eigenvalue weighted by Gasteiger charge is -2.21. The first-order valence-electron chi connectivity index (χ1n) is 9.04. The summed E-state index contributed by atoms with van der Waals surface area (Å²) in [5, 5.41) is 3.01. The van der Waals surface area contributed by atoms with Crippen LogP contribution in [0.25, 0.3) is 0 Å². The van der Waals surface area contributed by atoms with Gasteiger partial charge in [-0.3, -0.25) is 9.78 Å². The van der Waals surface area contributed by atoms with Crippen molar-refractivity contribution in [2.75, 3.05) is 18.5 Å². The maximum Gasteiger partial charge on any atom is 0.251 e. The van der Waals surface area contributed by atoms with Crippen LogP contribution in [0, 0.1) is 6.92 Å². The Morgan fingerprint density at radius 2 is 1.78 bits per heavy atom. The van der Waals surface area contributed by atoms with Gasteiger partial charge in [-0.1, -0.05) is 30.3 Å². The third kappa shape index (κ3) is 4.91. The molecule has 0 bridgehead atoms. The van der Waals surface area contributed by atoms with Crippen LogP contribution < -0.4 is 10.2 Å². The normalized spacial score (nSPS) is 10.4. The van der Waals surface area contributed by atoms with E-state index in [0.29, 0.717) is 12.1 Å². The second-order valence-electron chi connectivity index (χ2n) is 6.48. The average molecular weight is 360 g/mol. The molecule has 1 aromatic carbocycles. The smallest absolute Gasteiger partial charge is 0.251 e. The van der Waals surface area contributed by atoms with Crippen molar-refractivity contribution in [2.24, 2.45) is 0 Å². The van der Waals surface area contributed by atoms with Gasteiger partial charge in [-0.25, -0.2) is 4.98 Å². The fraction of sp³-hybridized carbons (Fsp3) is 0.227. The van der Waals surface area contributed by atoms with Crippen LogP contribution in [0.3, 0.4) is 0 Å². The van der Waals surface area contributed by atoms with Crippen molar-refractivity contribution in [2.45, 2.75) is 19.9 Å². The van der Waals surface area contributed by atoms with Crippen molar-refractivity contribution in [3.05, 3.63) is 89.4 Å². The summed E-state index contributed by atoms with van der Waals surface area (Å²) in [6, 6.07) is 17.4. The maximum absolute atomic E-state index is 12.5. The minimum Gasteiger partial charge on any atom is -0.359 e. The molecule has 3 aromatic rings. The highest BCUT2D eigenvalue weighted by atomic mass is 16.1. The zero-order chi connectivity index (χ0) is 19.1. The molecule has 2 aromatic heterocycles. The monoisotopic (exact) mass is 360 g/mol. The highest BCUT2D eigenvalue weighted by Gasteiger charge is 2.12. The summed E-state index contributed by atoms with van der Waals surface area (Å²) in [7, 11) is 2.01. The summed E-state index contributed by atoms with van der Waals surface area (Å²) in [6.45, 7) is 3.17. The number of carbonyl (C=O) groups is 1. The number of nitrogens with zero attached hydrogens (tertiary/aromatic N) is 3.